The van der Waals surface area contributed by atoms with Gasteiger partial charge in [-0.1, -0.05) is 52.0 Å². The quantitative estimate of drug-likeness (QED) is 0.180. The van der Waals surface area contributed by atoms with Crippen LogP contribution in [0, 0.1) is 18.3 Å². The lowest BCUT2D eigenvalue weighted by molar-refractivity contribution is -0.144. The molecule has 2 aliphatic rings. The number of fused-ring (bicyclic) bond motifs is 1. The van der Waals surface area contributed by atoms with Crippen LogP contribution < -0.4 is 43.4 Å². The van der Waals surface area contributed by atoms with E-state index in [-0.39, 0.29) is 31.7 Å². The Hall–Kier alpha value is -5.36. The SMILES string of the molecule is Cc1ccsc1-c1ccc([C@@H]2NC(=O)[C@@H]3C[C@@H](C)CN3C(=O)[C@H](C(C)(C)C)NC(=O)CNC(=O)[C@H](CCC(N)=O)NC(=O)[C@@H](CN)NC(=O)CNC2=O)cc1. The Balaban J connectivity index is 1.71. The fraction of sp³-hybridized carbons (Fsp3) is 0.514. The maximum atomic E-state index is 14.2. The Morgan fingerprint density at radius 3 is 2.05 bits per heavy atom. The van der Waals surface area contributed by atoms with Gasteiger partial charge in [0.15, 0.2) is 0 Å². The van der Waals surface area contributed by atoms with Crippen molar-refractivity contribution in [3.8, 4) is 10.4 Å². The first kappa shape index (κ1) is 42.4. The lowest BCUT2D eigenvalue weighted by Gasteiger charge is -2.35. The number of nitrogens with two attached hydrogens (primary N) is 2. The van der Waals surface area contributed by atoms with E-state index in [9.17, 15) is 38.4 Å². The first-order valence-corrected chi connectivity index (χ1v) is 19.0. The molecule has 1 aromatic heterocycles. The average molecular weight is 782 g/mol. The lowest BCUT2D eigenvalue weighted by Crippen LogP contribution is -2.59. The molecular weight excluding hydrogens is 731 g/mol. The Bertz CT molecular complexity index is 1790. The first-order valence-electron chi connectivity index (χ1n) is 18.1. The number of primary amides is 1. The molecule has 0 saturated carbocycles. The number of nitrogens with one attached hydrogen (secondary N) is 6. The zero-order valence-corrected chi connectivity index (χ0v) is 32.5. The number of carbonyl (C=O) groups excluding carboxylic acids is 8. The number of amides is 8. The second-order valence-corrected chi connectivity index (χ2v) is 16.0. The van der Waals surface area contributed by atoms with Gasteiger partial charge in [0, 0.05) is 24.4 Å². The predicted octanol–water partition coefficient (Wildman–Crippen LogP) is -0.911. The van der Waals surface area contributed by atoms with E-state index in [2.05, 4.69) is 31.9 Å². The standard InChI is InChI=1S/C37H51N9O8S/c1-19-14-25-34(52)45-29(21-6-8-22(9-7-21)30-20(2)12-13-55-30)35(53)41-16-27(48)42-24(15-38)33(51)43-23(10-11-26(39)47)32(50)40-17-28(49)44-31(37(3,4)5)36(54)46(25)18-19/h6-9,12-13,19,23-25,29,31H,10-11,14-18,38H2,1-5H3,(H2,39,47)(H,40,50)(H,41,53)(H,42,48)(H,43,51)(H,44,49)(H,45,52)/t19-,23+,24-,25+,29+,31-/m1/s1. The van der Waals surface area contributed by atoms with Crippen LogP contribution in [0.1, 0.15) is 64.1 Å². The first-order chi connectivity index (χ1) is 25.9. The molecule has 2 saturated heterocycles. The second-order valence-electron chi connectivity index (χ2n) is 15.1. The highest BCUT2D eigenvalue weighted by molar-refractivity contribution is 7.13. The minimum Gasteiger partial charge on any atom is -0.370 e. The third-order valence-corrected chi connectivity index (χ3v) is 10.5. The summed E-state index contributed by atoms with van der Waals surface area (Å²) >= 11 is 1.56. The molecule has 0 unspecified atom stereocenters. The van der Waals surface area contributed by atoms with Crippen molar-refractivity contribution in [1.82, 2.24) is 36.8 Å². The molecule has 8 amide bonds. The van der Waals surface area contributed by atoms with Crippen molar-refractivity contribution in [1.29, 1.82) is 0 Å². The fourth-order valence-corrected chi connectivity index (χ4v) is 7.40. The van der Waals surface area contributed by atoms with E-state index in [0.29, 0.717) is 5.56 Å². The van der Waals surface area contributed by atoms with Crippen LogP contribution in [0.3, 0.4) is 0 Å². The third kappa shape index (κ3) is 11.1. The number of aryl methyl sites for hydroxylation is 1. The highest BCUT2D eigenvalue weighted by Crippen LogP contribution is 2.31. The molecule has 0 radical (unpaired) electrons. The highest BCUT2D eigenvalue weighted by Gasteiger charge is 2.44. The maximum absolute atomic E-state index is 14.2. The summed E-state index contributed by atoms with van der Waals surface area (Å²) in [6.07, 6.45) is -0.250. The van der Waals surface area contributed by atoms with Gasteiger partial charge in [-0.25, -0.2) is 0 Å². The summed E-state index contributed by atoms with van der Waals surface area (Å²) in [5, 5.41) is 17.3. The van der Waals surface area contributed by atoms with Crippen LogP contribution in [0.2, 0.25) is 0 Å². The van der Waals surface area contributed by atoms with E-state index in [1.54, 1.807) is 44.2 Å². The van der Waals surface area contributed by atoms with E-state index in [1.165, 1.54) is 4.90 Å². The van der Waals surface area contributed by atoms with Crippen molar-refractivity contribution >= 4 is 58.6 Å². The van der Waals surface area contributed by atoms with Gasteiger partial charge < -0.3 is 48.3 Å². The van der Waals surface area contributed by atoms with Gasteiger partial charge in [0.2, 0.25) is 47.3 Å². The summed E-state index contributed by atoms with van der Waals surface area (Å²) in [5.74, 6) is -5.98. The zero-order valence-electron chi connectivity index (χ0n) is 31.7. The molecule has 18 heteroatoms. The van der Waals surface area contributed by atoms with E-state index in [0.717, 1.165) is 16.0 Å². The maximum Gasteiger partial charge on any atom is 0.247 e. The van der Waals surface area contributed by atoms with Crippen molar-refractivity contribution in [2.24, 2.45) is 22.8 Å². The Labute approximate surface area is 323 Å². The normalized spacial score (nSPS) is 25.3. The van der Waals surface area contributed by atoms with Gasteiger partial charge in [0.05, 0.1) is 13.1 Å². The van der Waals surface area contributed by atoms with Crippen molar-refractivity contribution in [2.45, 2.75) is 84.1 Å². The minimum atomic E-state index is -1.36. The van der Waals surface area contributed by atoms with E-state index < -0.39 is 103 Å². The van der Waals surface area contributed by atoms with Crippen molar-refractivity contribution < 1.29 is 38.4 Å². The Morgan fingerprint density at radius 2 is 1.47 bits per heavy atom. The summed E-state index contributed by atoms with van der Waals surface area (Å²) in [5.41, 5.74) is 12.6. The number of rotatable bonds is 6. The van der Waals surface area contributed by atoms with Crippen LogP contribution in [0.15, 0.2) is 35.7 Å². The average Bonchev–Trinajstić information content (AvgIpc) is 3.75. The molecule has 2 aromatic rings. The van der Waals surface area contributed by atoms with Crippen LogP contribution in [0.25, 0.3) is 10.4 Å². The largest absolute Gasteiger partial charge is 0.370 e. The van der Waals surface area contributed by atoms with Gasteiger partial charge >= 0.3 is 0 Å². The number of thiophene rings is 1. The van der Waals surface area contributed by atoms with Gasteiger partial charge in [0.1, 0.15) is 30.2 Å². The summed E-state index contributed by atoms with van der Waals surface area (Å²) < 4.78 is 0. The van der Waals surface area contributed by atoms with Crippen LogP contribution in [0.5, 0.6) is 0 Å². The molecule has 2 aliphatic heterocycles. The van der Waals surface area contributed by atoms with Gasteiger partial charge in [-0.05, 0) is 59.2 Å². The van der Waals surface area contributed by atoms with E-state index >= 15 is 0 Å². The molecular formula is C37H51N9O8S. The molecule has 3 heterocycles. The van der Waals surface area contributed by atoms with Crippen LogP contribution in [0.4, 0.5) is 0 Å². The second kappa shape index (κ2) is 18.3. The molecule has 55 heavy (non-hydrogen) atoms. The van der Waals surface area contributed by atoms with Crippen molar-refractivity contribution in [2.75, 3.05) is 26.2 Å². The number of benzene rings is 1. The molecule has 1 aromatic carbocycles. The molecule has 0 aliphatic carbocycles. The number of nitrogens with zero attached hydrogens (tertiary/aromatic N) is 1. The highest BCUT2D eigenvalue weighted by atomic mass is 32.1. The van der Waals surface area contributed by atoms with Crippen LogP contribution in [-0.4, -0.2) is 103 Å². The molecule has 4 rings (SSSR count). The van der Waals surface area contributed by atoms with Gasteiger partial charge in [-0.2, -0.15) is 0 Å². The smallest absolute Gasteiger partial charge is 0.247 e. The van der Waals surface area contributed by atoms with Crippen LogP contribution in [-0.2, 0) is 38.4 Å². The topological polar surface area (TPSA) is 264 Å². The predicted molar refractivity (Wildman–Crippen MR) is 203 cm³/mol. The van der Waals surface area contributed by atoms with Gasteiger partial charge in [-0.15, -0.1) is 11.3 Å². The molecule has 6 atom stereocenters. The van der Waals surface area contributed by atoms with Crippen molar-refractivity contribution in [3.05, 3.63) is 46.8 Å². The van der Waals surface area contributed by atoms with E-state index in [4.69, 9.17) is 11.5 Å². The number of hydrogen-bond acceptors (Lipinski definition) is 10. The molecule has 2 fully saturated rings. The molecule has 0 spiro atoms. The summed E-state index contributed by atoms with van der Waals surface area (Å²) in [6.45, 7) is 7.68. The third-order valence-electron chi connectivity index (χ3n) is 9.48. The molecule has 10 N–H and O–H groups in total. The Morgan fingerprint density at radius 1 is 0.836 bits per heavy atom. The lowest BCUT2D eigenvalue weighted by atomic mass is 9.85. The monoisotopic (exact) mass is 781 g/mol. The molecule has 0 bridgehead atoms. The van der Waals surface area contributed by atoms with Crippen LogP contribution >= 0.6 is 11.3 Å². The number of carbonyl (C=O) groups is 8. The van der Waals surface area contributed by atoms with Gasteiger partial charge in [-0.3, -0.25) is 38.4 Å². The molecule has 17 nitrogen and oxygen atoms in total. The summed E-state index contributed by atoms with van der Waals surface area (Å²) in [7, 11) is 0. The van der Waals surface area contributed by atoms with Gasteiger partial charge in [0.25, 0.3) is 0 Å². The fourth-order valence-electron chi connectivity index (χ4n) is 6.46. The zero-order chi connectivity index (χ0) is 40.6. The Kier molecular flexibility index (Phi) is 14.1. The molecule has 298 valence electrons. The van der Waals surface area contributed by atoms with Crippen molar-refractivity contribution in [3.63, 3.8) is 0 Å². The summed E-state index contributed by atoms with van der Waals surface area (Å²) in [6, 6.07) is 2.90. The summed E-state index contributed by atoms with van der Waals surface area (Å²) in [4.78, 5) is 109. The number of hydrogen-bond donors (Lipinski definition) is 8. The van der Waals surface area contributed by atoms with E-state index in [1.807, 2.05) is 37.4 Å². The minimum absolute atomic E-state index is 0.104.